The first-order valence-electron chi connectivity index (χ1n) is 8.82. The van der Waals surface area contributed by atoms with Gasteiger partial charge in [-0.25, -0.2) is 14.6 Å². The van der Waals surface area contributed by atoms with Gasteiger partial charge in [0.25, 0.3) is 0 Å². The van der Waals surface area contributed by atoms with Gasteiger partial charge in [0, 0.05) is 21.0 Å². The fraction of sp³-hybridized carbons (Fsp3) is 0.389. The van der Waals surface area contributed by atoms with Crippen molar-refractivity contribution in [3.8, 4) is 11.3 Å². The zero-order valence-corrected chi connectivity index (χ0v) is 19.1. The van der Waals surface area contributed by atoms with E-state index < -0.39 is 8.80 Å². The molecule has 27 heavy (non-hydrogen) atoms. The average Bonchev–Trinajstić information content (AvgIpc) is 3.00. The quantitative estimate of drug-likeness (QED) is 0.155. The minimum atomic E-state index is -0.546. The van der Waals surface area contributed by atoms with Crippen molar-refractivity contribution in [2.75, 3.05) is 12.9 Å². The van der Waals surface area contributed by atoms with Crippen LogP contribution in [0.2, 0.25) is 29.3 Å². The molecule has 0 saturated carbocycles. The van der Waals surface area contributed by atoms with Gasteiger partial charge < -0.3 is 4.74 Å². The monoisotopic (exact) mass is 440 g/mol. The summed E-state index contributed by atoms with van der Waals surface area (Å²) in [4.78, 5) is 8.97. The van der Waals surface area contributed by atoms with Gasteiger partial charge >= 0.3 is 0 Å². The third-order valence-corrected chi connectivity index (χ3v) is 6.84. The molecule has 0 aliphatic rings. The Kier molecular flexibility index (Phi) is 7.16. The molecule has 0 atom stereocenters. The van der Waals surface area contributed by atoms with Gasteiger partial charge in [0.15, 0.2) is 10.8 Å². The molecule has 144 valence electrons. The maximum Gasteiger partial charge on any atom is 0.190 e. The van der Waals surface area contributed by atoms with E-state index in [1.54, 1.807) is 4.68 Å². The van der Waals surface area contributed by atoms with Crippen LogP contribution in [0.25, 0.3) is 22.3 Å². The lowest BCUT2D eigenvalue weighted by Crippen LogP contribution is -2.08. The average molecular weight is 441 g/mol. The van der Waals surface area contributed by atoms with Gasteiger partial charge in [-0.15, -0.1) is 0 Å². The number of aromatic nitrogens is 4. The van der Waals surface area contributed by atoms with Crippen LogP contribution in [0.4, 0.5) is 0 Å². The number of halogens is 2. The Bertz CT molecular complexity index is 935. The lowest BCUT2D eigenvalue weighted by molar-refractivity contribution is 0.0719. The number of hydrogen-bond donors (Lipinski definition) is 0. The lowest BCUT2D eigenvalue weighted by Gasteiger charge is -2.06. The molecule has 2 aromatic heterocycles. The van der Waals surface area contributed by atoms with Crippen LogP contribution < -0.4 is 0 Å². The van der Waals surface area contributed by atoms with E-state index in [2.05, 4.69) is 23.1 Å². The third kappa shape index (κ3) is 4.84. The summed E-state index contributed by atoms with van der Waals surface area (Å²) in [6, 6.07) is 8.83. The van der Waals surface area contributed by atoms with Gasteiger partial charge in [0.1, 0.15) is 17.6 Å². The number of benzene rings is 1. The standard InChI is InChI=1S/C18H22Cl2N4OSSi/c1-26-18-21-16(20)14-15(12-7-4-5-8-13(12)19)23-24(17(14)22-18)11-25-9-6-10-27(2)3/h4-5,7-8,27H,6,9-11H2,1-3H3. The van der Waals surface area contributed by atoms with Crippen molar-refractivity contribution >= 4 is 54.8 Å². The predicted molar refractivity (Wildman–Crippen MR) is 117 cm³/mol. The van der Waals surface area contributed by atoms with Crippen LogP contribution in [0.15, 0.2) is 29.4 Å². The highest BCUT2D eigenvalue weighted by Crippen LogP contribution is 2.36. The Hall–Kier alpha value is -1.12. The molecule has 0 aliphatic carbocycles. The van der Waals surface area contributed by atoms with Crippen molar-refractivity contribution in [2.45, 2.75) is 37.4 Å². The summed E-state index contributed by atoms with van der Waals surface area (Å²) >= 11 is 14.3. The van der Waals surface area contributed by atoms with Gasteiger partial charge in [-0.3, -0.25) is 0 Å². The second-order valence-corrected chi connectivity index (χ2v) is 11.5. The van der Waals surface area contributed by atoms with Crippen molar-refractivity contribution in [1.29, 1.82) is 0 Å². The van der Waals surface area contributed by atoms with E-state index in [1.165, 1.54) is 17.8 Å². The van der Waals surface area contributed by atoms with Crippen LogP contribution in [-0.4, -0.2) is 41.4 Å². The first-order chi connectivity index (χ1) is 13.0. The molecule has 5 nitrogen and oxygen atoms in total. The molecule has 3 aromatic rings. The zero-order valence-electron chi connectivity index (χ0n) is 15.6. The van der Waals surface area contributed by atoms with Crippen molar-refractivity contribution in [3.63, 3.8) is 0 Å². The Balaban J connectivity index is 1.98. The molecule has 0 saturated heterocycles. The van der Waals surface area contributed by atoms with Crippen molar-refractivity contribution in [1.82, 2.24) is 19.7 Å². The number of thioether (sulfide) groups is 1. The Labute approximate surface area is 175 Å². The molecule has 0 spiro atoms. The van der Waals surface area contributed by atoms with E-state index in [4.69, 9.17) is 33.0 Å². The SMILES string of the molecule is CSc1nc(Cl)c2c(-c3ccccc3Cl)nn(COCCC[SiH](C)C)c2n1. The maximum absolute atomic E-state index is 6.48. The fourth-order valence-electron chi connectivity index (χ4n) is 2.78. The highest BCUT2D eigenvalue weighted by molar-refractivity contribution is 7.98. The second kappa shape index (κ2) is 9.38. The van der Waals surface area contributed by atoms with Gasteiger partial charge in [-0.1, -0.05) is 72.3 Å². The molecule has 1 aromatic carbocycles. The third-order valence-electron chi connectivity index (χ3n) is 4.12. The molecule has 3 rings (SSSR count). The lowest BCUT2D eigenvalue weighted by atomic mass is 10.1. The van der Waals surface area contributed by atoms with E-state index in [0.29, 0.717) is 45.4 Å². The molecule has 0 N–H and O–H groups in total. The Morgan fingerprint density at radius 3 is 2.67 bits per heavy atom. The van der Waals surface area contributed by atoms with Crippen LogP contribution >= 0.6 is 35.0 Å². The minimum absolute atomic E-state index is 0.321. The van der Waals surface area contributed by atoms with E-state index in [-0.39, 0.29) is 0 Å². The van der Waals surface area contributed by atoms with Crippen molar-refractivity contribution in [2.24, 2.45) is 0 Å². The molecule has 0 amide bonds. The van der Waals surface area contributed by atoms with Crippen LogP contribution in [0.5, 0.6) is 0 Å². The summed E-state index contributed by atoms with van der Waals surface area (Å²) in [5, 5.41) is 6.99. The van der Waals surface area contributed by atoms with E-state index in [0.717, 1.165) is 12.0 Å². The summed E-state index contributed by atoms with van der Waals surface area (Å²) < 4.78 is 7.59. The van der Waals surface area contributed by atoms with Gasteiger partial charge in [0.05, 0.1) is 10.4 Å². The summed E-state index contributed by atoms with van der Waals surface area (Å²) in [6.45, 7) is 5.73. The van der Waals surface area contributed by atoms with Gasteiger partial charge in [-0.2, -0.15) is 5.10 Å². The van der Waals surface area contributed by atoms with E-state index >= 15 is 0 Å². The Morgan fingerprint density at radius 2 is 1.96 bits per heavy atom. The molecule has 0 bridgehead atoms. The number of rotatable bonds is 8. The minimum Gasteiger partial charge on any atom is -0.359 e. The Morgan fingerprint density at radius 1 is 1.19 bits per heavy atom. The molecular weight excluding hydrogens is 419 g/mol. The smallest absolute Gasteiger partial charge is 0.190 e. The summed E-state index contributed by atoms with van der Waals surface area (Å²) in [5.41, 5.74) is 2.13. The van der Waals surface area contributed by atoms with Crippen molar-refractivity contribution in [3.05, 3.63) is 34.4 Å². The maximum atomic E-state index is 6.48. The second-order valence-electron chi connectivity index (χ2n) is 6.60. The van der Waals surface area contributed by atoms with Gasteiger partial charge in [-0.05, 0) is 18.7 Å². The van der Waals surface area contributed by atoms with E-state index in [1.807, 2.05) is 30.5 Å². The summed E-state index contributed by atoms with van der Waals surface area (Å²) in [5.74, 6) is 0. The van der Waals surface area contributed by atoms with Crippen LogP contribution in [0.1, 0.15) is 6.42 Å². The van der Waals surface area contributed by atoms with Gasteiger partial charge in [0.2, 0.25) is 0 Å². The molecule has 0 fully saturated rings. The summed E-state index contributed by atoms with van der Waals surface area (Å²) in [6.07, 6.45) is 2.99. The van der Waals surface area contributed by atoms with Crippen molar-refractivity contribution < 1.29 is 4.74 Å². The highest BCUT2D eigenvalue weighted by atomic mass is 35.5. The largest absolute Gasteiger partial charge is 0.359 e. The molecule has 9 heteroatoms. The molecule has 0 unspecified atom stereocenters. The predicted octanol–water partition coefficient (Wildman–Crippen LogP) is 5.37. The van der Waals surface area contributed by atoms with Crippen LogP contribution in [0, 0.1) is 0 Å². The number of hydrogen-bond acceptors (Lipinski definition) is 5. The number of ether oxygens (including phenoxy) is 1. The fourth-order valence-corrected chi connectivity index (χ4v) is 4.65. The topological polar surface area (TPSA) is 52.8 Å². The molecule has 0 aliphatic heterocycles. The molecular formula is C18H22Cl2N4OSSi. The first kappa shape index (κ1) is 20.6. The zero-order chi connectivity index (χ0) is 19.4. The summed E-state index contributed by atoms with van der Waals surface area (Å²) in [7, 11) is -0.546. The molecule has 2 heterocycles. The number of fused-ring (bicyclic) bond motifs is 1. The van der Waals surface area contributed by atoms with Crippen LogP contribution in [0.3, 0.4) is 0 Å². The van der Waals surface area contributed by atoms with Crippen LogP contribution in [-0.2, 0) is 11.5 Å². The molecule has 0 radical (unpaired) electrons. The first-order valence-corrected chi connectivity index (χ1v) is 13.9. The highest BCUT2D eigenvalue weighted by Gasteiger charge is 2.20. The van der Waals surface area contributed by atoms with E-state index in [9.17, 15) is 0 Å². The normalized spacial score (nSPS) is 11.6. The number of nitrogens with zero attached hydrogens (tertiary/aromatic N) is 4.